The molecule has 0 bridgehead atoms. The number of methoxy groups -OCH3 is 3. The van der Waals surface area contributed by atoms with Gasteiger partial charge in [-0.15, -0.1) is 0 Å². The molecule has 4 rings (SSSR count). The number of hydrogen-bond donors (Lipinski definition) is 1. The Bertz CT molecular complexity index is 1230. The van der Waals surface area contributed by atoms with E-state index < -0.39 is 5.97 Å². The molecule has 1 N–H and O–H groups in total. The molecule has 2 aromatic carbocycles. The lowest BCUT2D eigenvalue weighted by atomic mass is 10.1. The molecule has 0 fully saturated rings. The van der Waals surface area contributed by atoms with Crippen LogP contribution in [-0.2, 0) is 16.1 Å². The predicted octanol–water partition coefficient (Wildman–Crippen LogP) is 4.18. The lowest BCUT2D eigenvalue weighted by Gasteiger charge is -2.11. The van der Waals surface area contributed by atoms with Gasteiger partial charge in [-0.2, -0.15) is 0 Å². The van der Waals surface area contributed by atoms with Gasteiger partial charge in [0.1, 0.15) is 36.2 Å². The lowest BCUT2D eigenvalue weighted by Crippen LogP contribution is -2.16. The molecule has 170 valence electrons. The smallest absolute Gasteiger partial charge is 0.325 e. The Balaban J connectivity index is 1.80. The van der Waals surface area contributed by atoms with Gasteiger partial charge in [0.25, 0.3) is 0 Å². The van der Waals surface area contributed by atoms with Gasteiger partial charge < -0.3 is 24.3 Å². The summed E-state index contributed by atoms with van der Waals surface area (Å²) >= 11 is 0. The number of nitrogens with one attached hydrogen (secondary N) is 1. The summed E-state index contributed by atoms with van der Waals surface area (Å²) in [6, 6.07) is 19.2. The van der Waals surface area contributed by atoms with Crippen LogP contribution in [0.5, 0.6) is 17.2 Å². The van der Waals surface area contributed by atoms with Crippen LogP contribution in [0.15, 0.2) is 66.9 Å². The van der Waals surface area contributed by atoms with Crippen molar-refractivity contribution < 1.29 is 23.7 Å². The van der Waals surface area contributed by atoms with E-state index in [0.29, 0.717) is 41.0 Å². The number of carbonyl (C=O) groups excluding carboxylic acids is 1. The van der Waals surface area contributed by atoms with E-state index >= 15 is 0 Å². The SMILES string of the molecule is COC(=O)CNc1c(-c2cc(OC)cc(OC)c2)nc2c(OCc3ccccc3)cccn12. The van der Waals surface area contributed by atoms with Crippen LogP contribution in [0.25, 0.3) is 16.9 Å². The van der Waals surface area contributed by atoms with Gasteiger partial charge in [-0.05, 0) is 29.8 Å². The fraction of sp³-hybridized carbons (Fsp3) is 0.200. The van der Waals surface area contributed by atoms with Crippen molar-refractivity contribution in [2.45, 2.75) is 6.61 Å². The molecule has 0 saturated heterocycles. The minimum absolute atomic E-state index is 0.0203. The molecule has 33 heavy (non-hydrogen) atoms. The number of ether oxygens (including phenoxy) is 4. The summed E-state index contributed by atoms with van der Waals surface area (Å²) in [5, 5.41) is 3.15. The molecule has 0 spiro atoms. The molecule has 4 aromatic rings. The molecule has 8 heteroatoms. The maximum atomic E-state index is 11.8. The highest BCUT2D eigenvalue weighted by molar-refractivity contribution is 5.82. The zero-order chi connectivity index (χ0) is 23.2. The quantitative estimate of drug-likeness (QED) is 0.385. The van der Waals surface area contributed by atoms with Crippen molar-refractivity contribution in [2.24, 2.45) is 0 Å². The number of benzene rings is 2. The summed E-state index contributed by atoms with van der Waals surface area (Å²) in [7, 11) is 4.53. The molecule has 0 saturated carbocycles. The van der Waals surface area contributed by atoms with E-state index in [0.717, 1.165) is 11.1 Å². The van der Waals surface area contributed by atoms with Gasteiger partial charge in [0.2, 0.25) is 0 Å². The highest BCUT2D eigenvalue weighted by Crippen LogP contribution is 2.36. The average molecular weight is 447 g/mol. The van der Waals surface area contributed by atoms with Crippen LogP contribution in [0.4, 0.5) is 5.82 Å². The van der Waals surface area contributed by atoms with Crippen molar-refractivity contribution in [2.75, 3.05) is 33.2 Å². The number of nitrogens with zero attached hydrogens (tertiary/aromatic N) is 2. The van der Waals surface area contributed by atoms with Gasteiger partial charge in [-0.3, -0.25) is 9.20 Å². The molecule has 0 aliphatic rings. The molecule has 0 unspecified atom stereocenters. The second-order valence-electron chi connectivity index (χ2n) is 7.18. The van der Waals surface area contributed by atoms with Crippen molar-refractivity contribution in [1.82, 2.24) is 9.38 Å². The fourth-order valence-corrected chi connectivity index (χ4v) is 3.43. The third kappa shape index (κ3) is 4.85. The summed E-state index contributed by atoms with van der Waals surface area (Å²) in [6.07, 6.45) is 1.86. The highest BCUT2D eigenvalue weighted by Gasteiger charge is 2.19. The van der Waals surface area contributed by atoms with Crippen molar-refractivity contribution in [3.8, 4) is 28.5 Å². The van der Waals surface area contributed by atoms with Gasteiger partial charge >= 0.3 is 5.97 Å². The normalized spacial score (nSPS) is 10.6. The molecular formula is C25H25N3O5. The van der Waals surface area contributed by atoms with Crippen LogP contribution in [0, 0.1) is 0 Å². The molecule has 0 aliphatic heterocycles. The first kappa shape index (κ1) is 22.0. The molecule has 0 aliphatic carbocycles. The Kier molecular flexibility index (Phi) is 6.64. The van der Waals surface area contributed by atoms with Crippen LogP contribution in [-0.4, -0.2) is 43.2 Å². The monoisotopic (exact) mass is 447 g/mol. The Morgan fingerprint density at radius 2 is 1.70 bits per heavy atom. The Hall–Kier alpha value is -4.20. The van der Waals surface area contributed by atoms with Crippen molar-refractivity contribution >= 4 is 17.4 Å². The molecule has 0 atom stereocenters. The first-order chi connectivity index (χ1) is 16.1. The van der Waals surface area contributed by atoms with E-state index in [4.69, 9.17) is 23.9 Å². The van der Waals surface area contributed by atoms with Crippen LogP contribution < -0.4 is 19.5 Å². The minimum atomic E-state index is -0.393. The van der Waals surface area contributed by atoms with Crippen LogP contribution in [0.3, 0.4) is 0 Å². The fourth-order valence-electron chi connectivity index (χ4n) is 3.43. The van der Waals surface area contributed by atoms with Crippen molar-refractivity contribution in [1.29, 1.82) is 0 Å². The summed E-state index contributed by atoms with van der Waals surface area (Å²) < 4.78 is 23.6. The van der Waals surface area contributed by atoms with Gasteiger partial charge in [0, 0.05) is 17.8 Å². The zero-order valence-electron chi connectivity index (χ0n) is 18.7. The first-order valence-electron chi connectivity index (χ1n) is 10.3. The van der Waals surface area contributed by atoms with E-state index in [1.165, 1.54) is 7.11 Å². The Morgan fingerprint density at radius 3 is 2.36 bits per heavy atom. The molecule has 0 radical (unpaired) electrons. The second kappa shape index (κ2) is 9.95. The minimum Gasteiger partial charge on any atom is -0.497 e. The number of carbonyl (C=O) groups is 1. The van der Waals surface area contributed by atoms with Crippen molar-refractivity contribution in [3.63, 3.8) is 0 Å². The van der Waals surface area contributed by atoms with E-state index in [-0.39, 0.29) is 6.54 Å². The molecule has 2 aromatic heterocycles. The second-order valence-corrected chi connectivity index (χ2v) is 7.18. The largest absolute Gasteiger partial charge is 0.497 e. The first-order valence-corrected chi connectivity index (χ1v) is 10.3. The van der Waals surface area contributed by atoms with E-state index in [2.05, 4.69) is 5.32 Å². The van der Waals surface area contributed by atoms with Crippen LogP contribution >= 0.6 is 0 Å². The molecular weight excluding hydrogens is 422 g/mol. The van der Waals surface area contributed by atoms with Gasteiger partial charge in [0.15, 0.2) is 11.4 Å². The third-order valence-electron chi connectivity index (χ3n) is 5.10. The number of anilines is 1. The number of esters is 1. The van der Waals surface area contributed by atoms with Crippen LogP contribution in [0.2, 0.25) is 0 Å². The highest BCUT2D eigenvalue weighted by atomic mass is 16.5. The molecule has 8 nitrogen and oxygen atoms in total. The van der Waals surface area contributed by atoms with Crippen molar-refractivity contribution in [3.05, 3.63) is 72.4 Å². The van der Waals surface area contributed by atoms with Crippen LogP contribution in [0.1, 0.15) is 5.56 Å². The number of imidazole rings is 1. The number of fused-ring (bicyclic) bond motifs is 1. The maximum Gasteiger partial charge on any atom is 0.325 e. The standard InChI is InChI=1S/C25H25N3O5/c1-30-19-12-18(13-20(14-19)31-2)23-25(26-15-22(29)32-3)28-11-7-10-21(24(28)27-23)33-16-17-8-5-4-6-9-17/h4-14,26H,15-16H2,1-3H3. The lowest BCUT2D eigenvalue weighted by molar-refractivity contribution is -0.138. The van der Waals surface area contributed by atoms with E-state index in [1.54, 1.807) is 20.3 Å². The summed E-state index contributed by atoms with van der Waals surface area (Å²) in [5.41, 5.74) is 3.04. The zero-order valence-corrected chi connectivity index (χ0v) is 18.7. The Morgan fingerprint density at radius 1 is 0.970 bits per heavy atom. The van der Waals surface area contributed by atoms with Gasteiger partial charge in [-0.1, -0.05) is 30.3 Å². The molecule has 0 amide bonds. The third-order valence-corrected chi connectivity index (χ3v) is 5.10. The summed E-state index contributed by atoms with van der Waals surface area (Å²) in [5.74, 6) is 2.09. The predicted molar refractivity (Wildman–Crippen MR) is 125 cm³/mol. The molecule has 2 heterocycles. The number of hydrogen-bond acceptors (Lipinski definition) is 7. The average Bonchev–Trinajstić information content (AvgIpc) is 3.25. The topological polar surface area (TPSA) is 83.3 Å². The number of rotatable bonds is 9. The Labute approximate surface area is 191 Å². The van der Waals surface area contributed by atoms with E-state index in [1.807, 2.05) is 65.2 Å². The van der Waals surface area contributed by atoms with Gasteiger partial charge in [-0.25, -0.2) is 4.98 Å². The summed E-state index contributed by atoms with van der Waals surface area (Å²) in [4.78, 5) is 16.7. The van der Waals surface area contributed by atoms with E-state index in [9.17, 15) is 4.79 Å². The number of pyridine rings is 1. The maximum absolute atomic E-state index is 11.8. The van der Waals surface area contributed by atoms with Gasteiger partial charge in [0.05, 0.1) is 21.3 Å². The number of aromatic nitrogens is 2. The summed E-state index contributed by atoms with van der Waals surface area (Å²) in [6.45, 7) is 0.383.